The Morgan fingerprint density at radius 1 is 1.27 bits per heavy atom. The van der Waals surface area contributed by atoms with E-state index in [1.165, 1.54) is 4.68 Å². The fourth-order valence-corrected chi connectivity index (χ4v) is 4.77. The Bertz CT molecular complexity index is 1160. The van der Waals surface area contributed by atoms with Gasteiger partial charge in [-0.3, -0.25) is 9.59 Å². The van der Waals surface area contributed by atoms with E-state index in [0.29, 0.717) is 11.9 Å². The Hall–Kier alpha value is -2.51. The standard InChI is InChI=1S/C19H17N3O2S2/c1-11-17-16(14-7-3-4-8-15(14)26-17)19(24)22(21-11)12(2)18(23)20-10-13-6-5-9-25-13/h3-9,12H,10H2,1-2H3,(H,20,23)/t12-/m1/s1. The minimum atomic E-state index is -0.677. The molecule has 0 spiro atoms. The summed E-state index contributed by atoms with van der Waals surface area (Å²) in [5.41, 5.74) is 0.542. The summed E-state index contributed by atoms with van der Waals surface area (Å²) in [6.45, 7) is 4.04. The minimum Gasteiger partial charge on any atom is -0.349 e. The number of thiophene rings is 2. The average Bonchev–Trinajstić information content (AvgIpc) is 3.29. The molecule has 0 saturated carbocycles. The third-order valence-corrected chi connectivity index (χ3v) is 6.52. The quantitative estimate of drug-likeness (QED) is 0.582. The number of hydrogen-bond donors (Lipinski definition) is 1. The molecule has 0 radical (unpaired) electrons. The monoisotopic (exact) mass is 383 g/mol. The molecule has 0 fully saturated rings. The molecule has 3 heterocycles. The molecule has 1 amide bonds. The molecular formula is C19H17N3O2S2. The number of nitrogens with one attached hydrogen (secondary N) is 1. The van der Waals surface area contributed by atoms with E-state index in [2.05, 4.69) is 10.4 Å². The summed E-state index contributed by atoms with van der Waals surface area (Å²) in [4.78, 5) is 26.7. The first-order valence-corrected chi connectivity index (χ1v) is 9.96. The lowest BCUT2D eigenvalue weighted by Gasteiger charge is -2.14. The van der Waals surface area contributed by atoms with Crippen molar-refractivity contribution in [2.75, 3.05) is 0 Å². The predicted molar refractivity (Wildman–Crippen MR) is 107 cm³/mol. The van der Waals surface area contributed by atoms with Crippen LogP contribution in [0.3, 0.4) is 0 Å². The molecule has 26 heavy (non-hydrogen) atoms. The summed E-state index contributed by atoms with van der Waals surface area (Å²) in [7, 11) is 0. The second-order valence-electron chi connectivity index (χ2n) is 6.11. The lowest BCUT2D eigenvalue weighted by molar-refractivity contribution is -0.124. The highest BCUT2D eigenvalue weighted by Gasteiger charge is 2.21. The number of nitrogens with zero attached hydrogens (tertiary/aromatic N) is 2. The Labute approximate surface area is 157 Å². The van der Waals surface area contributed by atoms with Crippen LogP contribution in [0.1, 0.15) is 23.5 Å². The first kappa shape index (κ1) is 16.9. The van der Waals surface area contributed by atoms with Crippen LogP contribution in [0.5, 0.6) is 0 Å². The minimum absolute atomic E-state index is 0.216. The molecule has 1 N–H and O–H groups in total. The van der Waals surface area contributed by atoms with Crippen LogP contribution in [0, 0.1) is 6.92 Å². The smallest absolute Gasteiger partial charge is 0.276 e. The number of aryl methyl sites for hydroxylation is 1. The van der Waals surface area contributed by atoms with E-state index < -0.39 is 6.04 Å². The predicted octanol–water partition coefficient (Wildman–Crippen LogP) is 3.86. The van der Waals surface area contributed by atoms with Gasteiger partial charge < -0.3 is 5.32 Å². The van der Waals surface area contributed by atoms with Crippen LogP contribution < -0.4 is 10.9 Å². The van der Waals surface area contributed by atoms with Crippen molar-refractivity contribution in [3.05, 3.63) is 62.7 Å². The van der Waals surface area contributed by atoms with Crippen molar-refractivity contribution in [3.63, 3.8) is 0 Å². The van der Waals surface area contributed by atoms with Gasteiger partial charge in [0.2, 0.25) is 5.91 Å². The molecule has 4 rings (SSSR count). The van der Waals surface area contributed by atoms with Crippen LogP contribution in [0.2, 0.25) is 0 Å². The molecule has 0 aliphatic rings. The van der Waals surface area contributed by atoms with Gasteiger partial charge in [-0.15, -0.1) is 22.7 Å². The zero-order valence-electron chi connectivity index (χ0n) is 14.4. The largest absolute Gasteiger partial charge is 0.349 e. The molecular weight excluding hydrogens is 366 g/mol. The van der Waals surface area contributed by atoms with Crippen LogP contribution in [-0.4, -0.2) is 15.7 Å². The Balaban J connectivity index is 1.73. The van der Waals surface area contributed by atoms with Crippen molar-refractivity contribution < 1.29 is 4.79 Å². The number of hydrogen-bond acceptors (Lipinski definition) is 5. The van der Waals surface area contributed by atoms with E-state index in [1.54, 1.807) is 29.6 Å². The molecule has 3 aromatic heterocycles. The fraction of sp³-hybridized carbons (Fsp3) is 0.211. The van der Waals surface area contributed by atoms with Crippen molar-refractivity contribution >= 4 is 48.8 Å². The second-order valence-corrected chi connectivity index (χ2v) is 8.20. The molecule has 0 aliphatic heterocycles. The zero-order chi connectivity index (χ0) is 18.3. The normalized spacial score (nSPS) is 12.5. The maximum Gasteiger partial charge on any atom is 0.276 e. The van der Waals surface area contributed by atoms with E-state index in [1.807, 2.05) is 48.7 Å². The maximum atomic E-state index is 13.1. The van der Waals surface area contributed by atoms with Gasteiger partial charge in [-0.05, 0) is 31.4 Å². The molecule has 0 unspecified atom stereocenters. The molecule has 0 aliphatic carbocycles. The van der Waals surface area contributed by atoms with Crippen LogP contribution in [-0.2, 0) is 11.3 Å². The Morgan fingerprint density at radius 2 is 2.08 bits per heavy atom. The number of fused-ring (bicyclic) bond motifs is 3. The van der Waals surface area contributed by atoms with Gasteiger partial charge in [0.15, 0.2) is 0 Å². The Morgan fingerprint density at radius 3 is 2.85 bits per heavy atom. The number of rotatable bonds is 4. The Kier molecular flexibility index (Phi) is 4.34. The molecule has 1 atom stereocenters. The van der Waals surface area contributed by atoms with Gasteiger partial charge in [0.05, 0.1) is 22.3 Å². The van der Waals surface area contributed by atoms with Crippen molar-refractivity contribution in [2.24, 2.45) is 0 Å². The van der Waals surface area contributed by atoms with Crippen LogP contribution >= 0.6 is 22.7 Å². The van der Waals surface area contributed by atoms with Crippen molar-refractivity contribution in [1.29, 1.82) is 0 Å². The van der Waals surface area contributed by atoms with E-state index in [-0.39, 0.29) is 11.5 Å². The number of amides is 1. The van der Waals surface area contributed by atoms with Crippen LogP contribution in [0.25, 0.3) is 20.2 Å². The lowest BCUT2D eigenvalue weighted by atomic mass is 10.2. The number of aromatic nitrogens is 2. The van der Waals surface area contributed by atoms with Gasteiger partial charge >= 0.3 is 0 Å². The molecule has 0 saturated heterocycles. The van der Waals surface area contributed by atoms with Crippen LogP contribution in [0.15, 0.2) is 46.6 Å². The second kappa shape index (κ2) is 6.66. The van der Waals surface area contributed by atoms with E-state index in [0.717, 1.165) is 25.4 Å². The first-order valence-electron chi connectivity index (χ1n) is 8.27. The van der Waals surface area contributed by atoms with Crippen molar-refractivity contribution in [1.82, 2.24) is 15.1 Å². The maximum absolute atomic E-state index is 13.1. The third-order valence-electron chi connectivity index (χ3n) is 4.37. The van der Waals surface area contributed by atoms with E-state index >= 15 is 0 Å². The summed E-state index contributed by atoms with van der Waals surface area (Å²) < 4.78 is 3.25. The van der Waals surface area contributed by atoms with Crippen molar-refractivity contribution in [3.8, 4) is 0 Å². The third kappa shape index (κ3) is 2.83. The topological polar surface area (TPSA) is 64.0 Å². The molecule has 1 aromatic carbocycles. The molecule has 132 valence electrons. The van der Waals surface area contributed by atoms with Gasteiger partial charge in [-0.1, -0.05) is 24.3 Å². The average molecular weight is 383 g/mol. The van der Waals surface area contributed by atoms with E-state index in [4.69, 9.17) is 0 Å². The number of carbonyl (C=O) groups is 1. The summed E-state index contributed by atoms with van der Waals surface area (Å²) in [5.74, 6) is -0.216. The van der Waals surface area contributed by atoms with Crippen LogP contribution in [0.4, 0.5) is 0 Å². The zero-order valence-corrected chi connectivity index (χ0v) is 16.0. The highest BCUT2D eigenvalue weighted by atomic mass is 32.1. The van der Waals surface area contributed by atoms with Gasteiger partial charge in [0, 0.05) is 15.0 Å². The number of carbonyl (C=O) groups excluding carboxylic acids is 1. The lowest BCUT2D eigenvalue weighted by Crippen LogP contribution is -2.37. The van der Waals surface area contributed by atoms with Gasteiger partial charge in [0.1, 0.15) is 6.04 Å². The summed E-state index contributed by atoms with van der Waals surface area (Å²) >= 11 is 3.15. The highest BCUT2D eigenvalue weighted by Crippen LogP contribution is 2.32. The summed E-state index contributed by atoms with van der Waals surface area (Å²) in [6, 6.07) is 11.1. The number of benzene rings is 1. The summed E-state index contributed by atoms with van der Waals surface area (Å²) in [5, 5.41) is 10.8. The SMILES string of the molecule is Cc1nn([C@H](C)C(=O)NCc2cccs2)c(=O)c2c1sc1ccccc12. The first-order chi connectivity index (χ1) is 12.6. The van der Waals surface area contributed by atoms with Gasteiger partial charge in [-0.25, -0.2) is 4.68 Å². The van der Waals surface area contributed by atoms with Crippen molar-refractivity contribution in [2.45, 2.75) is 26.4 Å². The molecule has 0 bridgehead atoms. The fourth-order valence-electron chi connectivity index (χ4n) is 2.99. The molecule has 4 aromatic rings. The highest BCUT2D eigenvalue weighted by molar-refractivity contribution is 7.26. The van der Waals surface area contributed by atoms with E-state index in [9.17, 15) is 9.59 Å². The van der Waals surface area contributed by atoms with Gasteiger partial charge in [-0.2, -0.15) is 5.10 Å². The summed E-state index contributed by atoms with van der Waals surface area (Å²) in [6.07, 6.45) is 0. The molecule has 7 heteroatoms. The molecule has 5 nitrogen and oxygen atoms in total. The van der Waals surface area contributed by atoms with Gasteiger partial charge in [0.25, 0.3) is 5.56 Å².